The number of carbonyl (C=O) groups excluding carboxylic acids is 1. The summed E-state index contributed by atoms with van der Waals surface area (Å²) in [6.45, 7) is 3.84. The van der Waals surface area contributed by atoms with Gasteiger partial charge < -0.3 is 15.3 Å². The molecule has 5 nitrogen and oxygen atoms in total. The van der Waals surface area contributed by atoms with Crippen LogP contribution in [0.1, 0.15) is 38.5 Å². The topological polar surface area (TPSA) is 55.8 Å². The lowest BCUT2D eigenvalue weighted by molar-refractivity contribution is -0.117. The summed E-state index contributed by atoms with van der Waals surface area (Å²) in [5.41, 5.74) is 2.11. The van der Waals surface area contributed by atoms with Crippen LogP contribution < -0.4 is 10.2 Å². The fraction of sp³-hybridized carbons (Fsp3) is 0.632. The third kappa shape index (κ3) is 4.95. The van der Waals surface area contributed by atoms with Crippen LogP contribution in [0.25, 0.3) is 0 Å². The Hall–Kier alpha value is -1.59. The van der Waals surface area contributed by atoms with E-state index in [4.69, 9.17) is 5.11 Å². The Kier molecular flexibility index (Phi) is 6.10. The summed E-state index contributed by atoms with van der Waals surface area (Å²) in [5, 5.41) is 11.9. The van der Waals surface area contributed by atoms with Gasteiger partial charge in [0.1, 0.15) is 0 Å². The maximum atomic E-state index is 12.3. The second kappa shape index (κ2) is 8.49. The number of benzene rings is 1. The first-order valence-corrected chi connectivity index (χ1v) is 9.26. The van der Waals surface area contributed by atoms with Gasteiger partial charge in [0.05, 0.1) is 6.54 Å². The van der Waals surface area contributed by atoms with Gasteiger partial charge >= 0.3 is 0 Å². The van der Waals surface area contributed by atoms with Crippen LogP contribution >= 0.6 is 0 Å². The average Bonchev–Trinajstić information content (AvgIpc) is 3.29. The van der Waals surface area contributed by atoms with Crippen LogP contribution in [0.2, 0.25) is 0 Å². The van der Waals surface area contributed by atoms with Crippen molar-refractivity contribution in [3.63, 3.8) is 0 Å². The number of carbonyl (C=O) groups is 1. The molecule has 1 amide bonds. The van der Waals surface area contributed by atoms with Crippen LogP contribution in [-0.2, 0) is 4.79 Å². The summed E-state index contributed by atoms with van der Waals surface area (Å²) in [7, 11) is 0. The van der Waals surface area contributed by atoms with Crippen LogP contribution in [-0.4, -0.2) is 54.7 Å². The third-order valence-corrected chi connectivity index (χ3v) is 4.89. The fourth-order valence-electron chi connectivity index (χ4n) is 3.37. The summed E-state index contributed by atoms with van der Waals surface area (Å²) < 4.78 is 0. The molecule has 0 atom stereocenters. The molecule has 0 bridgehead atoms. The molecule has 0 unspecified atom stereocenters. The molecule has 2 aliphatic rings. The van der Waals surface area contributed by atoms with Crippen LogP contribution in [0.4, 0.5) is 11.4 Å². The van der Waals surface area contributed by atoms with E-state index in [1.165, 1.54) is 31.4 Å². The van der Waals surface area contributed by atoms with Gasteiger partial charge in [0.25, 0.3) is 0 Å². The number of aliphatic hydroxyl groups excluding tert-OH is 1. The Morgan fingerprint density at radius 1 is 1.17 bits per heavy atom. The van der Waals surface area contributed by atoms with Crippen molar-refractivity contribution in [2.24, 2.45) is 0 Å². The van der Waals surface area contributed by atoms with E-state index in [9.17, 15) is 4.79 Å². The lowest BCUT2D eigenvalue weighted by atomic mass is 10.2. The molecule has 1 aliphatic carbocycles. The van der Waals surface area contributed by atoms with Gasteiger partial charge in [-0.3, -0.25) is 9.69 Å². The molecule has 1 heterocycles. The minimum absolute atomic E-state index is 0.0554. The fourth-order valence-corrected chi connectivity index (χ4v) is 3.37. The summed E-state index contributed by atoms with van der Waals surface area (Å²) in [4.78, 5) is 17.0. The van der Waals surface area contributed by atoms with Gasteiger partial charge in [-0.15, -0.1) is 0 Å². The first-order valence-electron chi connectivity index (χ1n) is 9.26. The van der Waals surface area contributed by atoms with Gasteiger partial charge in [-0.25, -0.2) is 0 Å². The summed E-state index contributed by atoms with van der Waals surface area (Å²) in [6.07, 6.45) is 6.68. The molecule has 2 N–H and O–H groups in total. The SMILES string of the molecule is O=C(CN(CCCCO)C1CC1)Nc1ccc(N2CCCC2)cc1. The monoisotopic (exact) mass is 331 g/mol. The Morgan fingerprint density at radius 2 is 1.88 bits per heavy atom. The van der Waals surface area contributed by atoms with Crippen LogP contribution in [0, 0.1) is 0 Å². The molecule has 0 spiro atoms. The van der Waals surface area contributed by atoms with Gasteiger partial charge in [0.15, 0.2) is 0 Å². The van der Waals surface area contributed by atoms with Crippen molar-refractivity contribution in [1.29, 1.82) is 0 Å². The minimum Gasteiger partial charge on any atom is -0.396 e. The van der Waals surface area contributed by atoms with E-state index in [0.29, 0.717) is 12.6 Å². The predicted molar refractivity (Wildman–Crippen MR) is 97.4 cm³/mol. The Balaban J connectivity index is 1.48. The van der Waals surface area contributed by atoms with Gasteiger partial charge in [0, 0.05) is 37.1 Å². The van der Waals surface area contributed by atoms with Crippen LogP contribution in [0.3, 0.4) is 0 Å². The molecule has 1 aromatic rings. The number of hydrogen-bond donors (Lipinski definition) is 2. The Bertz CT molecular complexity index is 522. The Morgan fingerprint density at radius 3 is 2.50 bits per heavy atom. The second-order valence-electron chi connectivity index (χ2n) is 6.92. The molecule has 3 rings (SSSR count). The second-order valence-corrected chi connectivity index (χ2v) is 6.92. The predicted octanol–water partition coefficient (Wildman–Crippen LogP) is 2.46. The quantitative estimate of drug-likeness (QED) is 0.683. The zero-order valence-corrected chi connectivity index (χ0v) is 14.4. The molecule has 1 aliphatic heterocycles. The highest BCUT2D eigenvalue weighted by molar-refractivity contribution is 5.92. The van der Waals surface area contributed by atoms with Gasteiger partial charge in [-0.05, 0) is 69.3 Å². The van der Waals surface area contributed by atoms with E-state index in [-0.39, 0.29) is 12.5 Å². The number of aliphatic hydroxyl groups is 1. The number of nitrogens with one attached hydrogen (secondary N) is 1. The number of amides is 1. The molecule has 1 aromatic carbocycles. The summed E-state index contributed by atoms with van der Waals surface area (Å²) in [5.74, 6) is 0.0554. The van der Waals surface area contributed by atoms with Crippen molar-refractivity contribution in [2.45, 2.75) is 44.6 Å². The average molecular weight is 331 g/mol. The van der Waals surface area contributed by atoms with E-state index >= 15 is 0 Å². The van der Waals surface area contributed by atoms with E-state index in [1.54, 1.807) is 0 Å². The normalized spacial score (nSPS) is 17.5. The molecule has 0 radical (unpaired) electrons. The lowest BCUT2D eigenvalue weighted by Gasteiger charge is -2.21. The Labute approximate surface area is 144 Å². The molecule has 24 heavy (non-hydrogen) atoms. The standard InChI is InChI=1S/C19H29N3O2/c23-14-4-3-13-22(18-9-10-18)15-19(24)20-16-5-7-17(8-6-16)21-11-1-2-12-21/h5-8,18,23H,1-4,9-15H2,(H,20,24). The molecule has 1 saturated heterocycles. The van der Waals surface area contributed by atoms with Crippen molar-refractivity contribution < 1.29 is 9.90 Å². The van der Waals surface area contributed by atoms with Gasteiger partial charge in [-0.2, -0.15) is 0 Å². The molecular weight excluding hydrogens is 302 g/mol. The van der Waals surface area contributed by atoms with E-state index in [1.807, 2.05) is 12.1 Å². The molecule has 132 valence electrons. The number of unbranched alkanes of at least 4 members (excludes halogenated alkanes) is 1. The lowest BCUT2D eigenvalue weighted by Crippen LogP contribution is -2.35. The molecule has 2 fully saturated rings. The van der Waals surface area contributed by atoms with E-state index in [2.05, 4.69) is 27.2 Å². The smallest absolute Gasteiger partial charge is 0.238 e. The van der Waals surface area contributed by atoms with Gasteiger partial charge in [-0.1, -0.05) is 0 Å². The molecule has 1 saturated carbocycles. The van der Waals surface area contributed by atoms with Crippen LogP contribution in [0.5, 0.6) is 0 Å². The maximum Gasteiger partial charge on any atom is 0.238 e. The number of hydrogen-bond acceptors (Lipinski definition) is 4. The number of nitrogens with zero attached hydrogens (tertiary/aromatic N) is 2. The largest absolute Gasteiger partial charge is 0.396 e. The van der Waals surface area contributed by atoms with E-state index < -0.39 is 0 Å². The van der Waals surface area contributed by atoms with Crippen molar-refractivity contribution in [3.05, 3.63) is 24.3 Å². The van der Waals surface area contributed by atoms with Crippen molar-refractivity contribution in [2.75, 3.05) is 43.0 Å². The first-order chi connectivity index (χ1) is 11.8. The highest BCUT2D eigenvalue weighted by Crippen LogP contribution is 2.27. The third-order valence-electron chi connectivity index (χ3n) is 4.89. The van der Waals surface area contributed by atoms with E-state index in [0.717, 1.165) is 38.2 Å². The molecule has 0 aromatic heterocycles. The molecule has 5 heteroatoms. The summed E-state index contributed by atoms with van der Waals surface area (Å²) >= 11 is 0. The summed E-state index contributed by atoms with van der Waals surface area (Å²) in [6, 6.07) is 8.76. The van der Waals surface area contributed by atoms with Gasteiger partial charge in [0.2, 0.25) is 5.91 Å². The number of anilines is 2. The van der Waals surface area contributed by atoms with Crippen molar-refractivity contribution >= 4 is 17.3 Å². The highest BCUT2D eigenvalue weighted by atomic mass is 16.2. The zero-order chi connectivity index (χ0) is 16.8. The van der Waals surface area contributed by atoms with Crippen LogP contribution in [0.15, 0.2) is 24.3 Å². The highest BCUT2D eigenvalue weighted by Gasteiger charge is 2.29. The van der Waals surface area contributed by atoms with Crippen molar-refractivity contribution in [3.8, 4) is 0 Å². The zero-order valence-electron chi connectivity index (χ0n) is 14.4. The minimum atomic E-state index is 0.0554. The first kappa shape index (κ1) is 17.2. The van der Waals surface area contributed by atoms with Crippen molar-refractivity contribution in [1.82, 2.24) is 4.90 Å². The molecular formula is C19H29N3O2. The maximum absolute atomic E-state index is 12.3. The number of rotatable bonds is 9.